The molecule has 2 atom stereocenters. The zero-order valence-corrected chi connectivity index (χ0v) is 12.7. The number of carbonyl (C=O) groups is 2. The van der Waals surface area contributed by atoms with Crippen molar-refractivity contribution in [2.75, 3.05) is 13.1 Å². The molecule has 0 aromatic rings. The lowest BCUT2D eigenvalue weighted by molar-refractivity contribution is -0.144. The topological polar surface area (TPSA) is 57.6 Å². The fourth-order valence-corrected chi connectivity index (χ4v) is 2.68. The number of likely N-dealkylation sites (tertiary alicyclic amines) is 1. The maximum Gasteiger partial charge on any atom is 0.309 e. The predicted octanol–water partition coefficient (Wildman–Crippen LogP) is 3.52. The van der Waals surface area contributed by atoms with Gasteiger partial charge in [0.15, 0.2) is 0 Å². The van der Waals surface area contributed by atoms with E-state index in [2.05, 4.69) is 6.92 Å². The van der Waals surface area contributed by atoms with Gasteiger partial charge >= 0.3 is 5.97 Å². The van der Waals surface area contributed by atoms with Gasteiger partial charge in [0.1, 0.15) is 0 Å². The highest BCUT2D eigenvalue weighted by Crippen LogP contribution is 2.29. The van der Waals surface area contributed by atoms with Gasteiger partial charge in [0.05, 0.1) is 11.8 Å². The Morgan fingerprint density at radius 1 is 1.24 bits per heavy atom. The largest absolute Gasteiger partial charge is 0.481 e. The maximum atomic E-state index is 12.1. The van der Waals surface area contributed by atoms with E-state index in [9.17, 15) is 14.7 Å². The molecule has 1 N–H and O–H groups in total. The second-order valence-electron chi connectivity index (χ2n) is 5.18. The van der Waals surface area contributed by atoms with Crippen molar-refractivity contribution in [1.82, 2.24) is 4.90 Å². The molecule has 2 unspecified atom stereocenters. The van der Waals surface area contributed by atoms with Crippen LogP contribution in [-0.4, -0.2) is 35.0 Å². The summed E-state index contributed by atoms with van der Waals surface area (Å²) in [6.07, 6.45) is 6.03. The number of carboxylic acid groups (broad SMARTS) is 1. The summed E-state index contributed by atoms with van der Waals surface area (Å²) >= 11 is 0. The summed E-state index contributed by atoms with van der Waals surface area (Å²) in [7, 11) is 0. The van der Waals surface area contributed by atoms with E-state index in [1.165, 1.54) is 12.8 Å². The van der Waals surface area contributed by atoms with Crippen molar-refractivity contribution in [2.24, 2.45) is 11.8 Å². The minimum Gasteiger partial charge on any atom is -0.481 e. The number of carboxylic acids is 1. The van der Waals surface area contributed by atoms with Crippen molar-refractivity contribution in [3.63, 3.8) is 0 Å². The van der Waals surface area contributed by atoms with Gasteiger partial charge in [-0.15, -0.1) is 0 Å². The number of aliphatic carboxylic acids is 1. The van der Waals surface area contributed by atoms with E-state index in [1.54, 1.807) is 4.90 Å². The average Bonchev–Trinajstić information content (AvgIpc) is 2.75. The molecule has 1 rings (SSSR count). The summed E-state index contributed by atoms with van der Waals surface area (Å²) in [6, 6.07) is 0. The van der Waals surface area contributed by atoms with Crippen LogP contribution in [0.15, 0.2) is 0 Å². The van der Waals surface area contributed by atoms with Gasteiger partial charge in [0.25, 0.3) is 0 Å². The zero-order chi connectivity index (χ0) is 15.5. The Morgan fingerprint density at radius 2 is 1.86 bits per heavy atom. The van der Waals surface area contributed by atoms with Gasteiger partial charge in [-0.05, 0) is 12.8 Å². The lowest BCUT2D eigenvalue weighted by atomic mass is 9.91. The molecule has 21 heavy (non-hydrogen) atoms. The molecular weight excluding hydrogens is 287 g/mol. The smallest absolute Gasteiger partial charge is 0.309 e. The van der Waals surface area contributed by atoms with Crippen LogP contribution in [0.3, 0.4) is 0 Å². The van der Waals surface area contributed by atoms with Crippen molar-refractivity contribution in [2.45, 2.75) is 52.4 Å². The van der Waals surface area contributed by atoms with Crippen LogP contribution >= 0.6 is 0 Å². The standard InChI is InChI=1S/C14H25NO3.F2.FH/c1-3-5-6-7-9-15-10-12(14(17)18)11(8-4-2)13(15)16;1-2;/h11-12H,3-10H2,1-2H3,(H,17,18);;1H. The first-order valence-corrected chi connectivity index (χ1v) is 7.27. The molecule has 1 heterocycles. The van der Waals surface area contributed by atoms with Gasteiger partial charge in [0, 0.05) is 22.2 Å². The second kappa shape index (κ2) is 12.5. The van der Waals surface area contributed by atoms with Gasteiger partial charge in [-0.3, -0.25) is 14.3 Å². The molecular formula is C14H26F3NO3. The Balaban J connectivity index is 0. The highest BCUT2D eigenvalue weighted by atomic mass is 20.0. The first-order chi connectivity index (χ1) is 9.61. The van der Waals surface area contributed by atoms with Crippen molar-refractivity contribution in [1.29, 1.82) is 0 Å². The summed E-state index contributed by atoms with van der Waals surface area (Å²) < 4.78 is 16.0. The highest BCUT2D eigenvalue weighted by Gasteiger charge is 2.43. The molecule has 7 heteroatoms. The van der Waals surface area contributed by atoms with Crippen LogP contribution in [0.25, 0.3) is 0 Å². The molecule has 0 aromatic carbocycles. The molecule has 1 fully saturated rings. The Labute approximate surface area is 123 Å². The van der Waals surface area contributed by atoms with E-state index >= 15 is 0 Å². The van der Waals surface area contributed by atoms with Crippen molar-refractivity contribution in [3.05, 3.63) is 0 Å². The molecule has 1 saturated heterocycles. The Hall–Kier alpha value is -1.27. The number of halogens is 3. The first kappa shape index (κ1) is 22.0. The fourth-order valence-electron chi connectivity index (χ4n) is 2.68. The number of hydrogen-bond donors (Lipinski definition) is 1. The van der Waals surface area contributed by atoms with Crippen molar-refractivity contribution >= 4 is 11.9 Å². The van der Waals surface area contributed by atoms with E-state index in [-0.39, 0.29) is 16.5 Å². The maximum absolute atomic E-state index is 12.1. The van der Waals surface area contributed by atoms with Gasteiger partial charge in [-0.2, -0.15) is 0 Å². The monoisotopic (exact) mass is 313 g/mol. The number of amides is 1. The van der Waals surface area contributed by atoms with E-state index in [1.807, 2.05) is 6.92 Å². The Morgan fingerprint density at radius 3 is 2.33 bits per heavy atom. The molecule has 1 aliphatic rings. The number of unbranched alkanes of at least 4 members (excludes halogenated alkanes) is 3. The Kier molecular flexibility index (Phi) is 13.1. The van der Waals surface area contributed by atoms with Crippen LogP contribution in [0.4, 0.5) is 13.9 Å². The van der Waals surface area contributed by atoms with E-state index in [0.29, 0.717) is 13.0 Å². The summed E-state index contributed by atoms with van der Waals surface area (Å²) in [5.74, 6) is -1.55. The second-order valence-corrected chi connectivity index (χ2v) is 5.18. The third-order valence-electron chi connectivity index (χ3n) is 3.73. The van der Waals surface area contributed by atoms with E-state index < -0.39 is 11.9 Å². The van der Waals surface area contributed by atoms with Crippen LogP contribution in [0, 0.1) is 11.8 Å². The lowest BCUT2D eigenvalue weighted by Crippen LogP contribution is -2.28. The quantitative estimate of drug-likeness (QED) is 0.698. The average molecular weight is 313 g/mol. The van der Waals surface area contributed by atoms with Gasteiger partial charge in [-0.1, -0.05) is 39.5 Å². The van der Waals surface area contributed by atoms with Crippen LogP contribution in [0.1, 0.15) is 52.4 Å². The number of nitrogens with zero attached hydrogens (tertiary/aromatic N) is 1. The number of hydrogen-bond acceptors (Lipinski definition) is 2. The molecule has 0 spiro atoms. The van der Waals surface area contributed by atoms with E-state index in [4.69, 9.17) is 9.15 Å². The molecule has 0 radical (unpaired) electrons. The molecule has 0 saturated carbocycles. The van der Waals surface area contributed by atoms with Crippen LogP contribution in [-0.2, 0) is 9.59 Å². The molecule has 1 amide bonds. The minimum atomic E-state index is -0.821. The molecule has 1 aliphatic heterocycles. The normalized spacial score (nSPS) is 20.6. The first-order valence-electron chi connectivity index (χ1n) is 7.27. The summed E-state index contributed by atoms with van der Waals surface area (Å²) in [6.45, 7) is 5.28. The SMILES string of the molecule is CCCCCCN1CC(C(=O)O)C(CCC)C1=O.F.FF. The predicted molar refractivity (Wildman–Crippen MR) is 75.0 cm³/mol. The number of rotatable bonds is 8. The molecule has 0 aliphatic carbocycles. The highest BCUT2D eigenvalue weighted by molar-refractivity contribution is 5.88. The van der Waals surface area contributed by atoms with Gasteiger partial charge in [-0.25, -0.2) is 0 Å². The third kappa shape index (κ3) is 6.82. The summed E-state index contributed by atoms with van der Waals surface area (Å²) in [4.78, 5) is 25.1. The molecule has 0 aromatic heterocycles. The van der Waals surface area contributed by atoms with Crippen LogP contribution in [0.2, 0.25) is 0 Å². The van der Waals surface area contributed by atoms with Gasteiger partial charge in [0.2, 0.25) is 5.91 Å². The van der Waals surface area contributed by atoms with Crippen LogP contribution in [0.5, 0.6) is 0 Å². The number of carbonyl (C=O) groups excluding carboxylic acids is 1. The van der Waals surface area contributed by atoms with Crippen molar-refractivity contribution < 1.29 is 28.5 Å². The molecule has 4 nitrogen and oxygen atoms in total. The lowest BCUT2D eigenvalue weighted by Gasteiger charge is -2.16. The van der Waals surface area contributed by atoms with Crippen LogP contribution < -0.4 is 0 Å². The Bertz CT molecular complexity index is 303. The van der Waals surface area contributed by atoms with E-state index in [0.717, 1.165) is 25.8 Å². The molecule has 126 valence electrons. The van der Waals surface area contributed by atoms with Gasteiger partial charge < -0.3 is 10.0 Å². The van der Waals surface area contributed by atoms with Crippen molar-refractivity contribution in [3.8, 4) is 0 Å². The molecule has 0 bridgehead atoms. The summed E-state index contributed by atoms with van der Waals surface area (Å²) in [5, 5.41) is 9.18. The minimum absolute atomic E-state index is 0. The summed E-state index contributed by atoms with van der Waals surface area (Å²) in [5.41, 5.74) is 0. The third-order valence-corrected chi connectivity index (χ3v) is 3.73. The zero-order valence-electron chi connectivity index (χ0n) is 12.7. The fraction of sp³-hybridized carbons (Fsp3) is 0.857.